The van der Waals surface area contributed by atoms with Gasteiger partial charge in [-0.25, -0.2) is 4.98 Å². The molecule has 1 aliphatic rings. The molecule has 0 aromatic carbocycles. The third kappa shape index (κ3) is 2.32. The number of carbonyl (C=O) groups excluding carboxylic acids is 1. The predicted octanol–water partition coefficient (Wildman–Crippen LogP) is 1.51. The fraction of sp³-hybridized carbons (Fsp3) is 0.455. The van der Waals surface area contributed by atoms with Gasteiger partial charge in [0.2, 0.25) is 5.91 Å². The second-order valence-electron chi connectivity index (χ2n) is 4.00. The van der Waals surface area contributed by atoms with Crippen LogP contribution in [0, 0.1) is 0 Å². The summed E-state index contributed by atoms with van der Waals surface area (Å²) in [6, 6.07) is 0. The van der Waals surface area contributed by atoms with Crippen LogP contribution in [0.4, 0.5) is 0 Å². The Labute approximate surface area is 108 Å². The average Bonchev–Trinajstić information content (AvgIpc) is 2.90. The summed E-state index contributed by atoms with van der Waals surface area (Å²) in [6.45, 7) is 1.76. The second-order valence-corrected chi connectivity index (χ2v) is 6.09. The third-order valence-electron chi connectivity index (χ3n) is 2.84. The smallest absolute Gasteiger partial charge is 0.228 e. The maximum atomic E-state index is 12.0. The van der Waals surface area contributed by atoms with E-state index in [9.17, 15) is 4.79 Å². The van der Waals surface area contributed by atoms with E-state index < -0.39 is 0 Å². The molecule has 0 spiro atoms. The number of fused-ring (bicyclic) bond motifs is 1. The first-order chi connectivity index (χ1) is 8.33. The number of imidazole rings is 1. The van der Waals surface area contributed by atoms with Crippen molar-refractivity contribution >= 4 is 34.0 Å². The molecule has 0 saturated carbocycles. The van der Waals surface area contributed by atoms with Crippen LogP contribution in [-0.2, 0) is 11.2 Å². The first-order valence-electron chi connectivity index (χ1n) is 5.59. The van der Waals surface area contributed by atoms with Crippen molar-refractivity contribution in [2.45, 2.75) is 6.42 Å². The van der Waals surface area contributed by atoms with E-state index in [-0.39, 0.29) is 5.91 Å². The predicted molar refractivity (Wildman–Crippen MR) is 70.7 cm³/mol. The Bertz CT molecular complexity index is 499. The molecular formula is C11H13N3OS2. The van der Waals surface area contributed by atoms with Gasteiger partial charge >= 0.3 is 0 Å². The fourth-order valence-corrected chi connectivity index (χ4v) is 3.56. The molecule has 1 aliphatic heterocycles. The monoisotopic (exact) mass is 267 g/mol. The molecule has 3 heterocycles. The van der Waals surface area contributed by atoms with Gasteiger partial charge in [-0.05, 0) is 0 Å². The number of thiazole rings is 1. The molecule has 4 nitrogen and oxygen atoms in total. The Morgan fingerprint density at radius 2 is 2.24 bits per heavy atom. The zero-order chi connectivity index (χ0) is 11.7. The molecule has 0 unspecified atom stereocenters. The zero-order valence-corrected chi connectivity index (χ0v) is 11.0. The van der Waals surface area contributed by atoms with Crippen LogP contribution < -0.4 is 0 Å². The van der Waals surface area contributed by atoms with Crippen molar-refractivity contribution < 1.29 is 4.79 Å². The van der Waals surface area contributed by atoms with Gasteiger partial charge in [0, 0.05) is 42.4 Å². The van der Waals surface area contributed by atoms with Crippen LogP contribution in [-0.4, -0.2) is 44.8 Å². The minimum atomic E-state index is 0.205. The Hall–Kier alpha value is -1.01. The highest BCUT2D eigenvalue weighted by molar-refractivity contribution is 7.99. The van der Waals surface area contributed by atoms with Crippen LogP contribution in [0.25, 0.3) is 4.96 Å². The lowest BCUT2D eigenvalue weighted by Gasteiger charge is -2.26. The second kappa shape index (κ2) is 4.70. The summed E-state index contributed by atoms with van der Waals surface area (Å²) in [5.74, 6) is 2.32. The van der Waals surface area contributed by atoms with Crippen molar-refractivity contribution in [2.24, 2.45) is 0 Å². The van der Waals surface area contributed by atoms with Gasteiger partial charge in [-0.1, -0.05) is 0 Å². The maximum absolute atomic E-state index is 12.0. The summed E-state index contributed by atoms with van der Waals surface area (Å²) in [5, 5.41) is 2.00. The molecule has 90 valence electrons. The van der Waals surface area contributed by atoms with Crippen molar-refractivity contribution in [1.29, 1.82) is 0 Å². The van der Waals surface area contributed by atoms with Crippen LogP contribution in [0.2, 0.25) is 0 Å². The molecule has 2 aromatic heterocycles. The highest BCUT2D eigenvalue weighted by Gasteiger charge is 2.18. The quantitative estimate of drug-likeness (QED) is 0.828. The summed E-state index contributed by atoms with van der Waals surface area (Å²) in [7, 11) is 0. The minimum absolute atomic E-state index is 0.205. The molecule has 0 bridgehead atoms. The summed E-state index contributed by atoms with van der Waals surface area (Å²) >= 11 is 3.51. The third-order valence-corrected chi connectivity index (χ3v) is 4.55. The average molecular weight is 267 g/mol. The Kier molecular flexibility index (Phi) is 3.07. The molecular weight excluding hydrogens is 254 g/mol. The van der Waals surface area contributed by atoms with E-state index in [1.165, 1.54) is 0 Å². The zero-order valence-electron chi connectivity index (χ0n) is 9.33. The number of rotatable bonds is 2. The fourth-order valence-electron chi connectivity index (χ4n) is 1.94. The van der Waals surface area contributed by atoms with Crippen LogP contribution >= 0.6 is 23.1 Å². The summed E-state index contributed by atoms with van der Waals surface area (Å²) in [5.41, 5.74) is 0.875. The van der Waals surface area contributed by atoms with E-state index in [1.54, 1.807) is 11.3 Å². The SMILES string of the molecule is O=C(Cc1cn2ccsc2n1)N1CCSCC1. The van der Waals surface area contributed by atoms with Gasteiger partial charge in [-0.2, -0.15) is 11.8 Å². The number of hydrogen-bond acceptors (Lipinski definition) is 4. The largest absolute Gasteiger partial charge is 0.341 e. The van der Waals surface area contributed by atoms with Gasteiger partial charge in [0.05, 0.1) is 12.1 Å². The Morgan fingerprint density at radius 3 is 3.00 bits per heavy atom. The molecule has 0 radical (unpaired) electrons. The first-order valence-corrected chi connectivity index (χ1v) is 7.63. The summed E-state index contributed by atoms with van der Waals surface area (Å²) < 4.78 is 1.97. The van der Waals surface area contributed by atoms with Gasteiger partial charge in [0.15, 0.2) is 4.96 Å². The maximum Gasteiger partial charge on any atom is 0.228 e. The topological polar surface area (TPSA) is 37.6 Å². The van der Waals surface area contributed by atoms with Crippen LogP contribution in [0.5, 0.6) is 0 Å². The number of thioether (sulfide) groups is 1. The van der Waals surface area contributed by atoms with Crippen molar-refractivity contribution in [1.82, 2.24) is 14.3 Å². The molecule has 6 heteroatoms. The first kappa shape index (κ1) is 11.1. The summed E-state index contributed by atoms with van der Waals surface area (Å²) in [6.07, 6.45) is 4.35. The Morgan fingerprint density at radius 1 is 1.41 bits per heavy atom. The molecule has 2 aromatic rings. The van der Waals surface area contributed by atoms with Crippen molar-refractivity contribution in [3.63, 3.8) is 0 Å². The van der Waals surface area contributed by atoms with Crippen molar-refractivity contribution in [3.05, 3.63) is 23.5 Å². The van der Waals surface area contributed by atoms with Gasteiger partial charge in [-0.3, -0.25) is 9.20 Å². The summed E-state index contributed by atoms with van der Waals surface area (Å²) in [4.78, 5) is 19.4. The number of carbonyl (C=O) groups is 1. The molecule has 3 rings (SSSR count). The highest BCUT2D eigenvalue weighted by Crippen LogP contribution is 2.14. The standard InChI is InChI=1S/C11H13N3OS2/c15-10(13-1-4-16-5-2-13)7-9-8-14-3-6-17-11(14)12-9/h3,6,8H,1-2,4-5,7H2. The lowest BCUT2D eigenvalue weighted by molar-refractivity contribution is -0.130. The van der Waals surface area contributed by atoms with Crippen LogP contribution in [0.3, 0.4) is 0 Å². The molecule has 1 saturated heterocycles. The lowest BCUT2D eigenvalue weighted by atomic mass is 10.3. The minimum Gasteiger partial charge on any atom is -0.341 e. The molecule has 0 atom stereocenters. The number of aromatic nitrogens is 2. The molecule has 0 aliphatic carbocycles. The Balaban J connectivity index is 1.69. The van der Waals surface area contributed by atoms with E-state index in [1.807, 2.05) is 38.8 Å². The van der Waals surface area contributed by atoms with E-state index in [0.29, 0.717) is 6.42 Å². The van der Waals surface area contributed by atoms with Gasteiger partial charge in [-0.15, -0.1) is 11.3 Å². The number of hydrogen-bond donors (Lipinski definition) is 0. The molecule has 17 heavy (non-hydrogen) atoms. The number of nitrogens with zero attached hydrogens (tertiary/aromatic N) is 3. The molecule has 1 fully saturated rings. The van der Waals surface area contributed by atoms with Crippen LogP contribution in [0.1, 0.15) is 5.69 Å². The van der Waals surface area contributed by atoms with Gasteiger partial charge < -0.3 is 4.90 Å². The number of amides is 1. The van der Waals surface area contributed by atoms with Crippen molar-refractivity contribution in [2.75, 3.05) is 24.6 Å². The lowest BCUT2D eigenvalue weighted by Crippen LogP contribution is -2.38. The van der Waals surface area contributed by atoms with E-state index in [4.69, 9.17) is 0 Å². The van der Waals surface area contributed by atoms with E-state index in [2.05, 4.69) is 4.98 Å². The molecule has 0 N–H and O–H groups in total. The normalized spacial score (nSPS) is 16.6. The van der Waals surface area contributed by atoms with E-state index in [0.717, 1.165) is 35.3 Å². The molecule has 1 amide bonds. The van der Waals surface area contributed by atoms with Gasteiger partial charge in [0.25, 0.3) is 0 Å². The van der Waals surface area contributed by atoms with E-state index >= 15 is 0 Å². The van der Waals surface area contributed by atoms with Crippen molar-refractivity contribution in [3.8, 4) is 0 Å². The van der Waals surface area contributed by atoms with Gasteiger partial charge in [0.1, 0.15) is 0 Å². The van der Waals surface area contributed by atoms with Crippen LogP contribution in [0.15, 0.2) is 17.8 Å². The highest BCUT2D eigenvalue weighted by atomic mass is 32.2.